The molecule has 1 fully saturated rings. The third-order valence-corrected chi connectivity index (χ3v) is 6.39. The Bertz CT molecular complexity index is 1180. The van der Waals surface area contributed by atoms with Gasteiger partial charge in [0.05, 0.1) is 13.2 Å². The summed E-state index contributed by atoms with van der Waals surface area (Å²) in [4.78, 5) is 27.1. The Labute approximate surface area is 204 Å². The van der Waals surface area contributed by atoms with Crippen molar-refractivity contribution in [3.05, 3.63) is 75.6 Å². The third kappa shape index (κ3) is 6.91. The van der Waals surface area contributed by atoms with Crippen molar-refractivity contribution in [1.29, 1.82) is 0 Å². The molecule has 0 radical (unpaired) electrons. The van der Waals surface area contributed by atoms with Crippen LogP contribution in [0.25, 0.3) is 11.0 Å². The van der Waals surface area contributed by atoms with Gasteiger partial charge in [0.1, 0.15) is 17.9 Å². The number of hydrogen-bond donors (Lipinski definition) is 2. The highest BCUT2D eigenvalue weighted by Crippen LogP contribution is 2.20. The van der Waals surface area contributed by atoms with Crippen molar-refractivity contribution >= 4 is 16.9 Å². The van der Waals surface area contributed by atoms with Gasteiger partial charge in [-0.15, -0.1) is 0 Å². The van der Waals surface area contributed by atoms with Gasteiger partial charge in [-0.25, -0.2) is 10.3 Å². The highest BCUT2D eigenvalue weighted by molar-refractivity contribution is 5.79. The number of carbonyl (C=O) groups is 1. The lowest BCUT2D eigenvalue weighted by molar-refractivity contribution is -0.133. The highest BCUT2D eigenvalue weighted by atomic mass is 16.5. The van der Waals surface area contributed by atoms with Crippen LogP contribution in [0.5, 0.6) is 5.75 Å². The van der Waals surface area contributed by atoms with Gasteiger partial charge in [0.25, 0.3) is 0 Å². The first-order chi connectivity index (χ1) is 17.0. The molecule has 2 N–H and O–H groups in total. The largest absolute Gasteiger partial charge is 0.492 e. The standard InChI is InChI=1S/C27H32N2O6/c1-19-2-9-25-22(16-19)18-23(27(31)35-25)17-21(26(30)28-32)6-3-20-4-7-24(8-5-20)34-15-12-29-10-13-33-14-11-29/h2,4-5,7-9,16,18,21,32H,3,6,10-15,17H2,1H3,(H,28,30). The molecule has 8 heteroatoms. The van der Waals surface area contributed by atoms with Crippen LogP contribution in [-0.2, 0) is 22.4 Å². The van der Waals surface area contributed by atoms with Gasteiger partial charge in [-0.1, -0.05) is 23.8 Å². The number of benzene rings is 2. The summed E-state index contributed by atoms with van der Waals surface area (Å²) in [5, 5.41) is 10.1. The topological polar surface area (TPSA) is 101 Å². The summed E-state index contributed by atoms with van der Waals surface area (Å²) in [6.07, 6.45) is 1.26. The van der Waals surface area contributed by atoms with Crippen molar-refractivity contribution in [3.63, 3.8) is 0 Å². The number of aryl methyl sites for hydroxylation is 2. The number of nitrogens with zero attached hydrogens (tertiary/aromatic N) is 1. The molecule has 0 saturated carbocycles. The zero-order chi connectivity index (χ0) is 24.6. The van der Waals surface area contributed by atoms with Crippen LogP contribution in [0.15, 0.2) is 57.7 Å². The van der Waals surface area contributed by atoms with Crippen molar-refractivity contribution in [2.75, 3.05) is 39.5 Å². The lowest BCUT2D eigenvalue weighted by Crippen LogP contribution is -2.38. The average molecular weight is 481 g/mol. The van der Waals surface area contributed by atoms with Crippen LogP contribution < -0.4 is 15.8 Å². The number of hydrogen-bond acceptors (Lipinski definition) is 7. The van der Waals surface area contributed by atoms with Crippen LogP contribution in [-0.4, -0.2) is 55.5 Å². The van der Waals surface area contributed by atoms with Crippen LogP contribution in [0.2, 0.25) is 0 Å². The minimum atomic E-state index is -0.574. The van der Waals surface area contributed by atoms with E-state index in [2.05, 4.69) is 4.90 Å². The Morgan fingerprint density at radius 3 is 2.66 bits per heavy atom. The van der Waals surface area contributed by atoms with Gasteiger partial charge in [-0.05, 0) is 62.1 Å². The number of morpholine rings is 1. The molecule has 35 heavy (non-hydrogen) atoms. The maximum atomic E-state index is 12.5. The van der Waals surface area contributed by atoms with Crippen molar-refractivity contribution < 1.29 is 23.9 Å². The van der Waals surface area contributed by atoms with E-state index in [0.717, 1.165) is 55.1 Å². The summed E-state index contributed by atoms with van der Waals surface area (Å²) in [5.74, 6) is -0.290. The van der Waals surface area contributed by atoms with Gasteiger partial charge >= 0.3 is 5.63 Å². The second-order valence-corrected chi connectivity index (χ2v) is 8.96. The van der Waals surface area contributed by atoms with Crippen molar-refractivity contribution in [2.45, 2.75) is 26.2 Å². The first kappa shape index (κ1) is 24.9. The molecule has 186 valence electrons. The molecule has 0 aliphatic carbocycles. The monoisotopic (exact) mass is 480 g/mol. The predicted molar refractivity (Wildman–Crippen MR) is 132 cm³/mol. The minimum Gasteiger partial charge on any atom is -0.492 e. The molecule has 1 atom stereocenters. The van der Waals surface area contributed by atoms with Gasteiger partial charge in [0.2, 0.25) is 5.91 Å². The summed E-state index contributed by atoms with van der Waals surface area (Å²) in [6.45, 7) is 6.87. The minimum absolute atomic E-state index is 0.182. The van der Waals surface area contributed by atoms with Gasteiger partial charge in [-0.3, -0.25) is 14.9 Å². The smallest absolute Gasteiger partial charge is 0.339 e. The number of nitrogens with one attached hydrogen (secondary N) is 1. The van der Waals surface area contributed by atoms with E-state index in [-0.39, 0.29) is 6.42 Å². The van der Waals surface area contributed by atoms with Gasteiger partial charge < -0.3 is 13.9 Å². The Kier molecular flexibility index (Phi) is 8.52. The lowest BCUT2D eigenvalue weighted by atomic mass is 9.92. The van der Waals surface area contributed by atoms with Crippen LogP contribution >= 0.6 is 0 Å². The van der Waals surface area contributed by atoms with E-state index in [0.29, 0.717) is 30.6 Å². The van der Waals surface area contributed by atoms with Crippen LogP contribution in [0.4, 0.5) is 0 Å². The molecule has 1 saturated heterocycles. The molecule has 1 aliphatic heterocycles. The molecular weight excluding hydrogens is 448 g/mol. The van der Waals surface area contributed by atoms with Crippen LogP contribution in [0.1, 0.15) is 23.1 Å². The first-order valence-electron chi connectivity index (χ1n) is 12.0. The van der Waals surface area contributed by atoms with E-state index in [9.17, 15) is 14.8 Å². The fourth-order valence-corrected chi connectivity index (χ4v) is 4.32. The van der Waals surface area contributed by atoms with E-state index < -0.39 is 17.5 Å². The van der Waals surface area contributed by atoms with E-state index in [4.69, 9.17) is 13.9 Å². The predicted octanol–water partition coefficient (Wildman–Crippen LogP) is 3.11. The van der Waals surface area contributed by atoms with E-state index in [1.54, 1.807) is 17.6 Å². The molecule has 0 spiro atoms. The van der Waals surface area contributed by atoms with Gasteiger partial charge in [-0.2, -0.15) is 0 Å². The molecule has 1 aliphatic rings. The zero-order valence-electron chi connectivity index (χ0n) is 20.0. The molecule has 1 aromatic heterocycles. The van der Waals surface area contributed by atoms with E-state index in [1.165, 1.54) is 0 Å². The van der Waals surface area contributed by atoms with E-state index in [1.807, 2.05) is 43.3 Å². The number of ether oxygens (including phenoxy) is 2. The zero-order valence-corrected chi connectivity index (χ0v) is 20.0. The number of carbonyl (C=O) groups excluding carboxylic acids is 1. The van der Waals surface area contributed by atoms with Crippen molar-refractivity contribution in [1.82, 2.24) is 10.4 Å². The number of fused-ring (bicyclic) bond motifs is 1. The van der Waals surface area contributed by atoms with Crippen molar-refractivity contribution in [2.24, 2.45) is 5.92 Å². The lowest BCUT2D eigenvalue weighted by Gasteiger charge is -2.26. The van der Waals surface area contributed by atoms with Crippen LogP contribution in [0.3, 0.4) is 0 Å². The second kappa shape index (κ2) is 12.0. The summed E-state index contributed by atoms with van der Waals surface area (Å²) in [7, 11) is 0. The summed E-state index contributed by atoms with van der Waals surface area (Å²) in [5.41, 5.74) is 4.31. The van der Waals surface area contributed by atoms with Gasteiger partial charge in [0, 0.05) is 36.5 Å². The molecule has 8 nitrogen and oxygen atoms in total. The molecule has 2 aromatic carbocycles. The fraction of sp³-hybridized carbons (Fsp3) is 0.407. The SMILES string of the molecule is Cc1ccc2oc(=O)c(CC(CCc3ccc(OCCN4CCOCC4)cc3)C(=O)NO)cc2c1. The summed E-state index contributed by atoms with van der Waals surface area (Å²) in [6, 6.07) is 15.2. The number of amides is 1. The summed E-state index contributed by atoms with van der Waals surface area (Å²) >= 11 is 0. The molecule has 2 heterocycles. The Balaban J connectivity index is 1.34. The number of hydroxylamine groups is 1. The second-order valence-electron chi connectivity index (χ2n) is 8.96. The Morgan fingerprint density at radius 1 is 1.14 bits per heavy atom. The molecule has 1 unspecified atom stereocenters. The van der Waals surface area contributed by atoms with Crippen molar-refractivity contribution in [3.8, 4) is 5.75 Å². The fourth-order valence-electron chi connectivity index (χ4n) is 4.32. The molecule has 0 bridgehead atoms. The van der Waals surface area contributed by atoms with Gasteiger partial charge in [0.15, 0.2) is 0 Å². The molecule has 1 amide bonds. The maximum Gasteiger partial charge on any atom is 0.339 e. The first-order valence-corrected chi connectivity index (χ1v) is 12.0. The normalized spacial score (nSPS) is 15.1. The van der Waals surface area contributed by atoms with Crippen LogP contribution in [0, 0.1) is 12.8 Å². The number of rotatable bonds is 10. The Morgan fingerprint density at radius 2 is 1.91 bits per heavy atom. The highest BCUT2D eigenvalue weighted by Gasteiger charge is 2.21. The quantitative estimate of drug-likeness (QED) is 0.261. The molecule has 4 rings (SSSR count). The van der Waals surface area contributed by atoms with E-state index >= 15 is 0 Å². The average Bonchev–Trinajstić information content (AvgIpc) is 2.88. The maximum absolute atomic E-state index is 12.5. The Hall–Kier alpha value is -3.20. The third-order valence-electron chi connectivity index (χ3n) is 6.39. The summed E-state index contributed by atoms with van der Waals surface area (Å²) < 4.78 is 16.6. The molecular formula is C27H32N2O6. The molecule has 3 aromatic rings.